The van der Waals surface area contributed by atoms with E-state index in [2.05, 4.69) is 41.6 Å². The van der Waals surface area contributed by atoms with E-state index in [0.717, 1.165) is 50.1 Å². The topological polar surface area (TPSA) is 73.5 Å². The van der Waals surface area contributed by atoms with Crippen LogP contribution in [-0.2, 0) is 0 Å². The normalized spacial score (nSPS) is 17.3. The molecule has 3 amide bonds. The molecular weight excluding hydrogens is 436 g/mol. The first-order valence-corrected chi connectivity index (χ1v) is 13.3. The van der Waals surface area contributed by atoms with E-state index in [1.54, 1.807) is 0 Å². The molecule has 1 heterocycles. The number of amides is 3. The Morgan fingerprint density at radius 2 is 1.49 bits per heavy atom. The predicted octanol–water partition coefficient (Wildman–Crippen LogP) is 6.75. The lowest BCUT2D eigenvalue weighted by Crippen LogP contribution is -2.38. The highest BCUT2D eigenvalue weighted by Gasteiger charge is 2.24. The van der Waals surface area contributed by atoms with Gasteiger partial charge in [0.2, 0.25) is 0 Å². The number of hydrogen-bond donors (Lipinski definition) is 3. The van der Waals surface area contributed by atoms with Gasteiger partial charge in [0.25, 0.3) is 5.91 Å². The zero-order valence-corrected chi connectivity index (χ0v) is 21.4. The van der Waals surface area contributed by atoms with Crippen molar-refractivity contribution in [2.24, 2.45) is 5.92 Å². The van der Waals surface area contributed by atoms with E-state index in [0.29, 0.717) is 23.1 Å². The highest BCUT2D eigenvalue weighted by atomic mass is 16.2. The van der Waals surface area contributed by atoms with Crippen molar-refractivity contribution in [3.63, 3.8) is 0 Å². The van der Waals surface area contributed by atoms with Gasteiger partial charge < -0.3 is 20.9 Å². The van der Waals surface area contributed by atoms with Crippen LogP contribution in [0.2, 0.25) is 0 Å². The fourth-order valence-corrected chi connectivity index (χ4v) is 5.08. The van der Waals surface area contributed by atoms with E-state index in [-0.39, 0.29) is 18.0 Å². The largest absolute Gasteiger partial charge is 0.371 e. The summed E-state index contributed by atoms with van der Waals surface area (Å²) in [5.74, 6) is 1.11. The summed E-state index contributed by atoms with van der Waals surface area (Å²) in [6, 6.07) is 13.5. The highest BCUT2D eigenvalue weighted by Crippen LogP contribution is 2.29. The second kappa shape index (κ2) is 11.6. The molecule has 1 saturated carbocycles. The molecule has 4 rings (SSSR count). The number of carbonyl (C=O) groups is 2. The van der Waals surface area contributed by atoms with Crippen LogP contribution in [0.25, 0.3) is 0 Å². The van der Waals surface area contributed by atoms with E-state index >= 15 is 0 Å². The van der Waals surface area contributed by atoms with E-state index in [4.69, 9.17) is 0 Å². The molecule has 1 aliphatic carbocycles. The highest BCUT2D eigenvalue weighted by molar-refractivity contribution is 6.04. The molecule has 1 aliphatic heterocycles. The van der Waals surface area contributed by atoms with Crippen LogP contribution in [-0.4, -0.2) is 31.1 Å². The zero-order valence-electron chi connectivity index (χ0n) is 21.4. The van der Waals surface area contributed by atoms with Gasteiger partial charge in [-0.1, -0.05) is 52.2 Å². The van der Waals surface area contributed by atoms with Crippen molar-refractivity contribution in [1.82, 2.24) is 5.32 Å². The summed E-state index contributed by atoms with van der Waals surface area (Å²) in [4.78, 5) is 28.4. The third-order valence-corrected chi connectivity index (χ3v) is 7.40. The van der Waals surface area contributed by atoms with Crippen LogP contribution in [0, 0.1) is 5.92 Å². The lowest BCUT2D eigenvalue weighted by Gasteiger charge is -2.34. The lowest BCUT2D eigenvalue weighted by atomic mass is 9.95. The minimum Gasteiger partial charge on any atom is -0.371 e. The average Bonchev–Trinajstić information content (AvgIpc) is 2.85. The molecule has 6 nitrogen and oxygen atoms in total. The first-order valence-electron chi connectivity index (χ1n) is 13.3. The lowest BCUT2D eigenvalue weighted by molar-refractivity contribution is 0.0928. The summed E-state index contributed by atoms with van der Waals surface area (Å²) in [5.41, 5.74) is 4.18. The molecule has 1 saturated heterocycles. The minimum atomic E-state index is -0.319. The number of nitrogens with zero attached hydrogens (tertiary/aromatic N) is 1. The minimum absolute atomic E-state index is 0.0427. The summed E-state index contributed by atoms with van der Waals surface area (Å²) < 4.78 is 0. The summed E-state index contributed by atoms with van der Waals surface area (Å²) in [7, 11) is 0. The van der Waals surface area contributed by atoms with Gasteiger partial charge in [-0.2, -0.15) is 0 Å². The maximum atomic E-state index is 13.4. The van der Waals surface area contributed by atoms with Gasteiger partial charge in [0.15, 0.2) is 0 Å². The summed E-state index contributed by atoms with van der Waals surface area (Å²) in [6.45, 7) is 8.47. The van der Waals surface area contributed by atoms with Crippen LogP contribution >= 0.6 is 0 Å². The zero-order chi connectivity index (χ0) is 24.8. The third-order valence-electron chi connectivity index (χ3n) is 7.40. The van der Waals surface area contributed by atoms with Crippen molar-refractivity contribution in [3.8, 4) is 0 Å². The molecule has 3 N–H and O–H groups in total. The maximum absolute atomic E-state index is 13.4. The number of hydrogen-bond acceptors (Lipinski definition) is 3. The quantitative estimate of drug-likeness (QED) is 0.432. The van der Waals surface area contributed by atoms with Crippen LogP contribution in [0.1, 0.15) is 87.6 Å². The Bertz CT molecular complexity index is 1000. The maximum Gasteiger partial charge on any atom is 0.323 e. The first-order chi connectivity index (χ1) is 16.9. The summed E-state index contributed by atoms with van der Waals surface area (Å²) >= 11 is 0. The van der Waals surface area contributed by atoms with Crippen LogP contribution < -0.4 is 20.9 Å². The summed E-state index contributed by atoms with van der Waals surface area (Å²) in [5, 5.41) is 9.07. The molecule has 0 bridgehead atoms. The summed E-state index contributed by atoms with van der Waals surface area (Å²) in [6.07, 6.45) is 7.92. The van der Waals surface area contributed by atoms with E-state index in [9.17, 15) is 9.59 Å². The number of anilines is 3. The molecule has 0 radical (unpaired) electrons. The number of nitrogens with one attached hydrogen (secondary N) is 3. The second-order valence-corrected chi connectivity index (χ2v) is 10.6. The van der Waals surface area contributed by atoms with Gasteiger partial charge in [-0.05, 0) is 73.4 Å². The standard InChI is InChI=1S/C29H40N4O2/c1-20(2)22-9-11-24(12-10-22)31-29(35)32-25-13-14-27(33-17-15-21(3)16-18-33)26(19-25)28(34)30-23-7-5-4-6-8-23/h9-14,19-21,23H,4-8,15-18H2,1-3H3,(H,30,34)(H2,31,32,35). The van der Waals surface area contributed by atoms with Crippen molar-refractivity contribution in [3.05, 3.63) is 53.6 Å². The van der Waals surface area contributed by atoms with Crippen LogP contribution in [0.4, 0.5) is 21.9 Å². The molecule has 2 aromatic rings. The first kappa shape index (κ1) is 25.1. The molecule has 35 heavy (non-hydrogen) atoms. The molecule has 0 atom stereocenters. The monoisotopic (exact) mass is 476 g/mol. The van der Waals surface area contributed by atoms with Gasteiger partial charge in [-0.15, -0.1) is 0 Å². The van der Waals surface area contributed by atoms with Crippen LogP contribution in [0.15, 0.2) is 42.5 Å². The molecule has 6 heteroatoms. The van der Waals surface area contributed by atoms with Gasteiger partial charge >= 0.3 is 6.03 Å². The third kappa shape index (κ3) is 6.77. The van der Waals surface area contributed by atoms with Crippen molar-refractivity contribution < 1.29 is 9.59 Å². The SMILES string of the molecule is CC1CCN(c2ccc(NC(=O)Nc3ccc(C(C)C)cc3)cc2C(=O)NC2CCCCC2)CC1. The average molecular weight is 477 g/mol. The van der Waals surface area contributed by atoms with E-state index < -0.39 is 0 Å². The number of carbonyl (C=O) groups excluding carboxylic acids is 2. The Labute approximate surface area is 209 Å². The molecule has 2 fully saturated rings. The number of piperidine rings is 1. The molecule has 0 unspecified atom stereocenters. The fourth-order valence-electron chi connectivity index (χ4n) is 5.08. The van der Waals surface area contributed by atoms with E-state index in [1.165, 1.54) is 24.8 Å². The van der Waals surface area contributed by atoms with Crippen molar-refractivity contribution in [2.45, 2.75) is 77.7 Å². The number of benzene rings is 2. The van der Waals surface area contributed by atoms with Crippen LogP contribution in [0.5, 0.6) is 0 Å². The Morgan fingerprint density at radius 3 is 2.14 bits per heavy atom. The van der Waals surface area contributed by atoms with Gasteiger partial charge in [0, 0.05) is 36.2 Å². The number of rotatable bonds is 6. The molecular formula is C29H40N4O2. The van der Waals surface area contributed by atoms with Crippen molar-refractivity contribution in [1.29, 1.82) is 0 Å². The second-order valence-electron chi connectivity index (χ2n) is 10.6. The van der Waals surface area contributed by atoms with Crippen molar-refractivity contribution >= 4 is 29.0 Å². The molecule has 0 aromatic heterocycles. The molecule has 188 valence electrons. The Balaban J connectivity index is 1.49. The van der Waals surface area contributed by atoms with Gasteiger partial charge in [-0.3, -0.25) is 4.79 Å². The van der Waals surface area contributed by atoms with Gasteiger partial charge in [-0.25, -0.2) is 4.79 Å². The van der Waals surface area contributed by atoms with Crippen molar-refractivity contribution in [2.75, 3.05) is 28.6 Å². The van der Waals surface area contributed by atoms with E-state index in [1.807, 2.05) is 42.5 Å². The number of urea groups is 1. The Kier molecular flexibility index (Phi) is 8.32. The predicted molar refractivity (Wildman–Crippen MR) is 145 cm³/mol. The van der Waals surface area contributed by atoms with Gasteiger partial charge in [0.05, 0.1) is 5.56 Å². The van der Waals surface area contributed by atoms with Gasteiger partial charge in [0.1, 0.15) is 0 Å². The molecule has 2 aliphatic rings. The Morgan fingerprint density at radius 1 is 0.857 bits per heavy atom. The fraction of sp³-hybridized carbons (Fsp3) is 0.517. The smallest absolute Gasteiger partial charge is 0.323 e. The van der Waals surface area contributed by atoms with Crippen LogP contribution in [0.3, 0.4) is 0 Å². The Hall–Kier alpha value is -3.02. The molecule has 2 aromatic carbocycles. The molecule has 0 spiro atoms.